The molecule has 2 aliphatic heterocycles. The molecule has 1 aromatic rings. The highest BCUT2D eigenvalue weighted by molar-refractivity contribution is 5.96. The summed E-state index contributed by atoms with van der Waals surface area (Å²) in [4.78, 5) is 28.6. The molecule has 1 aromatic carbocycles. The first-order valence-electron chi connectivity index (χ1n) is 9.25. The molecule has 0 unspecified atom stereocenters. The van der Waals surface area contributed by atoms with E-state index in [1.54, 1.807) is 11.8 Å². The average molecular weight is 345 g/mol. The minimum Gasteiger partial charge on any atom is -0.450 e. The second-order valence-corrected chi connectivity index (χ2v) is 6.68. The van der Waals surface area contributed by atoms with Gasteiger partial charge in [0.05, 0.1) is 23.9 Å². The van der Waals surface area contributed by atoms with E-state index < -0.39 is 0 Å². The van der Waals surface area contributed by atoms with Gasteiger partial charge in [0, 0.05) is 26.2 Å². The molecule has 0 saturated carbocycles. The molecular formula is C19H27N3O3. The van der Waals surface area contributed by atoms with Crippen molar-refractivity contribution in [1.29, 1.82) is 0 Å². The fourth-order valence-electron chi connectivity index (χ4n) is 3.62. The average Bonchev–Trinajstić information content (AvgIpc) is 3.17. The predicted molar refractivity (Wildman–Crippen MR) is 97.8 cm³/mol. The Morgan fingerprint density at radius 3 is 2.68 bits per heavy atom. The summed E-state index contributed by atoms with van der Waals surface area (Å²) in [6, 6.07) is 7.97. The number of amides is 2. The van der Waals surface area contributed by atoms with Gasteiger partial charge in [-0.2, -0.15) is 0 Å². The van der Waals surface area contributed by atoms with Crippen LogP contribution in [0.2, 0.25) is 0 Å². The number of carbonyl (C=O) groups excluding carboxylic acids is 2. The van der Waals surface area contributed by atoms with Crippen LogP contribution < -0.4 is 10.2 Å². The molecule has 0 spiro atoms. The minimum atomic E-state index is -0.322. The molecule has 1 N–H and O–H groups in total. The zero-order chi connectivity index (χ0) is 17.6. The van der Waals surface area contributed by atoms with Gasteiger partial charge in [-0.15, -0.1) is 0 Å². The van der Waals surface area contributed by atoms with Crippen LogP contribution in [0, 0.1) is 5.92 Å². The van der Waals surface area contributed by atoms with Crippen molar-refractivity contribution in [2.45, 2.75) is 32.6 Å². The van der Waals surface area contributed by atoms with Crippen molar-refractivity contribution >= 4 is 23.4 Å². The molecule has 2 amide bonds. The van der Waals surface area contributed by atoms with Gasteiger partial charge in [-0.1, -0.05) is 12.1 Å². The molecule has 2 aliphatic rings. The highest BCUT2D eigenvalue weighted by atomic mass is 16.6. The Labute approximate surface area is 149 Å². The summed E-state index contributed by atoms with van der Waals surface area (Å²) < 4.78 is 5.06. The number of ether oxygens (including phenoxy) is 1. The number of nitrogens with one attached hydrogen (secondary N) is 1. The van der Waals surface area contributed by atoms with Gasteiger partial charge in [0.25, 0.3) is 0 Å². The lowest BCUT2D eigenvalue weighted by Crippen LogP contribution is -2.44. The topological polar surface area (TPSA) is 61.9 Å². The van der Waals surface area contributed by atoms with Crippen molar-refractivity contribution in [2.24, 2.45) is 5.92 Å². The molecule has 25 heavy (non-hydrogen) atoms. The number of hydrogen-bond acceptors (Lipinski definition) is 4. The van der Waals surface area contributed by atoms with Crippen LogP contribution in [-0.4, -0.2) is 49.7 Å². The third-order valence-corrected chi connectivity index (χ3v) is 4.93. The Kier molecular flexibility index (Phi) is 5.79. The van der Waals surface area contributed by atoms with Gasteiger partial charge in [-0.3, -0.25) is 4.79 Å². The second kappa shape index (κ2) is 8.23. The van der Waals surface area contributed by atoms with Crippen LogP contribution in [0.4, 0.5) is 16.2 Å². The van der Waals surface area contributed by atoms with E-state index in [4.69, 9.17) is 4.74 Å². The normalized spacial score (nSPS) is 20.4. The Hall–Kier alpha value is -2.24. The summed E-state index contributed by atoms with van der Waals surface area (Å²) in [7, 11) is 0. The molecule has 6 nitrogen and oxygen atoms in total. The number of piperidine rings is 1. The summed E-state index contributed by atoms with van der Waals surface area (Å²) in [6.07, 6.45) is 3.69. The SMILES string of the molecule is CCOC(=O)N1CCC[C@H](C(=O)Nc2ccccc2N2CCCC2)C1. The minimum absolute atomic E-state index is 0.0133. The largest absolute Gasteiger partial charge is 0.450 e. The van der Waals surface area contributed by atoms with E-state index in [2.05, 4.69) is 16.3 Å². The standard InChI is InChI=1S/C19H27N3O3/c1-2-25-19(24)22-13-7-8-15(14-22)18(23)20-16-9-3-4-10-17(16)21-11-5-6-12-21/h3-4,9-10,15H,2,5-8,11-14H2,1H3,(H,20,23)/t15-/m0/s1. The van der Waals surface area contributed by atoms with Gasteiger partial charge < -0.3 is 19.9 Å². The Morgan fingerprint density at radius 1 is 1.16 bits per heavy atom. The van der Waals surface area contributed by atoms with Crippen LogP contribution in [0.15, 0.2) is 24.3 Å². The maximum absolute atomic E-state index is 12.8. The van der Waals surface area contributed by atoms with E-state index >= 15 is 0 Å². The number of anilines is 2. The smallest absolute Gasteiger partial charge is 0.409 e. The van der Waals surface area contributed by atoms with E-state index in [0.717, 1.165) is 37.3 Å². The molecule has 0 aliphatic carbocycles. The van der Waals surface area contributed by atoms with Crippen LogP contribution in [-0.2, 0) is 9.53 Å². The predicted octanol–water partition coefficient (Wildman–Crippen LogP) is 3.09. The highest BCUT2D eigenvalue weighted by Crippen LogP contribution is 2.29. The number of rotatable bonds is 4. The fourth-order valence-corrected chi connectivity index (χ4v) is 3.62. The van der Waals surface area contributed by atoms with E-state index in [1.165, 1.54) is 12.8 Å². The van der Waals surface area contributed by atoms with Gasteiger partial charge in [-0.05, 0) is 44.7 Å². The maximum Gasteiger partial charge on any atom is 0.409 e. The Morgan fingerprint density at radius 2 is 1.92 bits per heavy atom. The molecule has 2 fully saturated rings. The molecule has 2 heterocycles. The van der Waals surface area contributed by atoms with Gasteiger partial charge in [0.1, 0.15) is 0 Å². The zero-order valence-electron chi connectivity index (χ0n) is 14.9. The van der Waals surface area contributed by atoms with E-state index in [1.807, 2.05) is 18.2 Å². The van der Waals surface area contributed by atoms with Crippen molar-refractivity contribution in [1.82, 2.24) is 4.90 Å². The van der Waals surface area contributed by atoms with Crippen LogP contribution in [0.1, 0.15) is 32.6 Å². The lowest BCUT2D eigenvalue weighted by molar-refractivity contribution is -0.121. The summed E-state index contributed by atoms with van der Waals surface area (Å²) in [6.45, 7) is 5.31. The van der Waals surface area contributed by atoms with Crippen LogP contribution >= 0.6 is 0 Å². The van der Waals surface area contributed by atoms with E-state index in [9.17, 15) is 9.59 Å². The number of benzene rings is 1. The van der Waals surface area contributed by atoms with Crippen LogP contribution in [0.5, 0.6) is 0 Å². The third-order valence-electron chi connectivity index (χ3n) is 4.93. The summed E-state index contributed by atoms with van der Waals surface area (Å²) in [5, 5.41) is 3.09. The summed E-state index contributed by atoms with van der Waals surface area (Å²) >= 11 is 0. The molecule has 136 valence electrons. The van der Waals surface area contributed by atoms with Crippen molar-refractivity contribution < 1.29 is 14.3 Å². The summed E-state index contributed by atoms with van der Waals surface area (Å²) in [5.74, 6) is -0.203. The quantitative estimate of drug-likeness (QED) is 0.911. The first-order chi connectivity index (χ1) is 12.2. The molecule has 0 aromatic heterocycles. The molecule has 3 rings (SSSR count). The lowest BCUT2D eigenvalue weighted by Gasteiger charge is -2.31. The fraction of sp³-hybridized carbons (Fsp3) is 0.579. The Balaban J connectivity index is 1.65. The first kappa shape index (κ1) is 17.6. The van der Waals surface area contributed by atoms with Gasteiger partial charge in [0.15, 0.2) is 0 Å². The van der Waals surface area contributed by atoms with E-state index in [-0.39, 0.29) is 17.9 Å². The van der Waals surface area contributed by atoms with Gasteiger partial charge in [0.2, 0.25) is 5.91 Å². The monoisotopic (exact) mass is 345 g/mol. The van der Waals surface area contributed by atoms with Gasteiger partial charge in [-0.25, -0.2) is 4.79 Å². The Bertz CT molecular complexity index is 614. The molecular weight excluding hydrogens is 318 g/mol. The van der Waals surface area contributed by atoms with Crippen molar-refractivity contribution in [3.63, 3.8) is 0 Å². The number of carbonyl (C=O) groups is 2. The molecule has 0 bridgehead atoms. The van der Waals surface area contributed by atoms with E-state index in [0.29, 0.717) is 19.7 Å². The lowest BCUT2D eigenvalue weighted by atomic mass is 9.97. The van der Waals surface area contributed by atoms with Crippen LogP contribution in [0.3, 0.4) is 0 Å². The van der Waals surface area contributed by atoms with Crippen LogP contribution in [0.25, 0.3) is 0 Å². The number of likely N-dealkylation sites (tertiary alicyclic amines) is 1. The highest BCUT2D eigenvalue weighted by Gasteiger charge is 2.29. The third kappa shape index (κ3) is 4.24. The zero-order valence-corrected chi connectivity index (χ0v) is 14.9. The second-order valence-electron chi connectivity index (χ2n) is 6.68. The number of hydrogen-bond donors (Lipinski definition) is 1. The number of nitrogens with zero attached hydrogens (tertiary/aromatic N) is 2. The first-order valence-corrected chi connectivity index (χ1v) is 9.25. The van der Waals surface area contributed by atoms with Crippen molar-refractivity contribution in [3.8, 4) is 0 Å². The molecule has 6 heteroatoms. The van der Waals surface area contributed by atoms with Crippen molar-refractivity contribution in [2.75, 3.05) is 43.0 Å². The number of para-hydroxylation sites is 2. The summed E-state index contributed by atoms with van der Waals surface area (Å²) in [5.41, 5.74) is 1.95. The molecule has 1 atom stereocenters. The van der Waals surface area contributed by atoms with Crippen molar-refractivity contribution in [3.05, 3.63) is 24.3 Å². The van der Waals surface area contributed by atoms with Gasteiger partial charge >= 0.3 is 6.09 Å². The molecule has 2 saturated heterocycles. The maximum atomic E-state index is 12.8. The molecule has 0 radical (unpaired) electrons.